The van der Waals surface area contributed by atoms with Crippen LogP contribution in [0.3, 0.4) is 0 Å². The normalized spacial score (nSPS) is 13.3. The molecule has 0 saturated carbocycles. The van der Waals surface area contributed by atoms with Crippen molar-refractivity contribution >= 4 is 29.1 Å². The molecular weight excluding hydrogens is 368 g/mol. The molecule has 0 aliphatic carbocycles. The SMILES string of the molecule is CC(CCc1ccccc1)NC(=O)C(C)OC(=O)/C=C/c1nc2ccccc2o1. The summed E-state index contributed by atoms with van der Waals surface area (Å²) in [5.74, 6) is -0.657. The molecule has 6 nitrogen and oxygen atoms in total. The number of nitrogens with zero attached hydrogens (tertiary/aromatic N) is 1. The van der Waals surface area contributed by atoms with Crippen molar-refractivity contribution < 1.29 is 18.7 Å². The van der Waals surface area contributed by atoms with Gasteiger partial charge < -0.3 is 14.5 Å². The zero-order chi connectivity index (χ0) is 20.6. The quantitative estimate of drug-likeness (QED) is 0.464. The van der Waals surface area contributed by atoms with E-state index >= 15 is 0 Å². The van der Waals surface area contributed by atoms with E-state index in [1.165, 1.54) is 17.7 Å². The van der Waals surface area contributed by atoms with Crippen LogP contribution in [0.5, 0.6) is 0 Å². The Morgan fingerprint density at radius 1 is 1.10 bits per heavy atom. The molecule has 3 aromatic rings. The van der Waals surface area contributed by atoms with Gasteiger partial charge in [-0.15, -0.1) is 0 Å². The summed E-state index contributed by atoms with van der Waals surface area (Å²) in [6.45, 7) is 3.48. The minimum atomic E-state index is -0.894. The number of carbonyl (C=O) groups is 2. The number of amides is 1. The smallest absolute Gasteiger partial charge is 0.331 e. The maximum absolute atomic E-state index is 12.2. The van der Waals surface area contributed by atoms with Gasteiger partial charge in [0.15, 0.2) is 11.7 Å². The molecule has 1 amide bonds. The highest BCUT2D eigenvalue weighted by atomic mass is 16.5. The van der Waals surface area contributed by atoms with Gasteiger partial charge in [-0.25, -0.2) is 9.78 Å². The van der Waals surface area contributed by atoms with Crippen molar-refractivity contribution in [2.45, 2.75) is 38.8 Å². The van der Waals surface area contributed by atoms with Crippen molar-refractivity contribution in [1.82, 2.24) is 10.3 Å². The lowest BCUT2D eigenvalue weighted by molar-refractivity contribution is -0.150. The Labute approximate surface area is 169 Å². The number of rotatable bonds is 8. The van der Waals surface area contributed by atoms with E-state index in [2.05, 4.69) is 22.4 Å². The third-order valence-electron chi connectivity index (χ3n) is 4.43. The second-order valence-corrected chi connectivity index (χ2v) is 6.87. The van der Waals surface area contributed by atoms with E-state index < -0.39 is 12.1 Å². The van der Waals surface area contributed by atoms with E-state index in [1.807, 2.05) is 43.3 Å². The zero-order valence-electron chi connectivity index (χ0n) is 16.5. The largest absolute Gasteiger partial charge is 0.449 e. The topological polar surface area (TPSA) is 81.4 Å². The number of fused-ring (bicyclic) bond motifs is 1. The molecule has 6 heteroatoms. The van der Waals surface area contributed by atoms with Crippen LogP contribution in [0.15, 0.2) is 65.1 Å². The Kier molecular flexibility index (Phi) is 6.79. The maximum atomic E-state index is 12.2. The van der Waals surface area contributed by atoms with Gasteiger partial charge in [-0.2, -0.15) is 0 Å². The molecule has 0 aliphatic rings. The number of hydrogen-bond acceptors (Lipinski definition) is 5. The number of carbonyl (C=O) groups excluding carboxylic acids is 2. The zero-order valence-corrected chi connectivity index (χ0v) is 16.5. The summed E-state index contributed by atoms with van der Waals surface area (Å²) >= 11 is 0. The molecule has 0 bridgehead atoms. The number of hydrogen-bond donors (Lipinski definition) is 1. The molecule has 0 aliphatic heterocycles. The highest BCUT2D eigenvalue weighted by molar-refractivity contribution is 5.90. The number of aryl methyl sites for hydroxylation is 1. The van der Waals surface area contributed by atoms with Gasteiger partial charge in [-0.3, -0.25) is 4.79 Å². The summed E-state index contributed by atoms with van der Waals surface area (Å²) in [5.41, 5.74) is 2.56. The van der Waals surface area contributed by atoms with Crippen LogP contribution in [0, 0.1) is 0 Å². The van der Waals surface area contributed by atoms with E-state index in [-0.39, 0.29) is 11.9 Å². The average Bonchev–Trinajstić information content (AvgIpc) is 3.14. The number of aromatic nitrogens is 1. The second-order valence-electron chi connectivity index (χ2n) is 6.87. The number of ether oxygens (including phenoxy) is 1. The summed E-state index contributed by atoms with van der Waals surface area (Å²) in [7, 11) is 0. The second kappa shape index (κ2) is 9.68. The Hall–Kier alpha value is -3.41. The molecule has 2 aromatic carbocycles. The minimum Gasteiger partial charge on any atom is -0.449 e. The van der Waals surface area contributed by atoms with E-state index in [1.54, 1.807) is 13.0 Å². The lowest BCUT2D eigenvalue weighted by Gasteiger charge is -2.17. The molecule has 1 N–H and O–H groups in total. The summed E-state index contributed by atoms with van der Waals surface area (Å²) in [4.78, 5) is 28.5. The molecule has 3 rings (SSSR count). The van der Waals surface area contributed by atoms with Crippen molar-refractivity contribution in [3.63, 3.8) is 0 Å². The van der Waals surface area contributed by atoms with Crippen LogP contribution >= 0.6 is 0 Å². The standard InChI is InChI=1S/C23H24N2O4/c1-16(12-13-18-8-4-3-5-9-18)24-23(27)17(2)28-22(26)15-14-21-25-19-10-6-7-11-20(19)29-21/h3-11,14-17H,12-13H2,1-2H3,(H,24,27)/b15-14+. The number of benzene rings is 2. The fraction of sp³-hybridized carbons (Fsp3) is 0.261. The van der Waals surface area contributed by atoms with E-state index in [0.29, 0.717) is 17.0 Å². The first-order valence-electron chi connectivity index (χ1n) is 9.60. The molecule has 29 heavy (non-hydrogen) atoms. The monoisotopic (exact) mass is 392 g/mol. The Balaban J connectivity index is 1.45. The van der Waals surface area contributed by atoms with E-state index in [0.717, 1.165) is 12.8 Å². The van der Waals surface area contributed by atoms with Gasteiger partial charge in [0.2, 0.25) is 5.89 Å². The van der Waals surface area contributed by atoms with E-state index in [4.69, 9.17) is 9.15 Å². The van der Waals surface area contributed by atoms with Crippen LogP contribution < -0.4 is 5.32 Å². The van der Waals surface area contributed by atoms with Crippen molar-refractivity contribution in [3.8, 4) is 0 Å². The van der Waals surface area contributed by atoms with Crippen LogP contribution in [0.25, 0.3) is 17.2 Å². The first kappa shape index (κ1) is 20.3. The molecule has 2 atom stereocenters. The number of esters is 1. The Morgan fingerprint density at radius 3 is 2.59 bits per heavy atom. The summed E-state index contributed by atoms with van der Waals surface area (Å²) < 4.78 is 10.7. The van der Waals surface area contributed by atoms with Crippen LogP contribution in [0.4, 0.5) is 0 Å². The highest BCUT2D eigenvalue weighted by Crippen LogP contribution is 2.15. The molecule has 0 spiro atoms. The fourth-order valence-corrected chi connectivity index (χ4v) is 2.83. The molecule has 0 fully saturated rings. The predicted octanol–water partition coefficient (Wildman–Crippen LogP) is 3.91. The predicted molar refractivity (Wildman–Crippen MR) is 111 cm³/mol. The van der Waals surface area contributed by atoms with Gasteiger partial charge in [0.25, 0.3) is 5.91 Å². The molecule has 2 unspecified atom stereocenters. The Morgan fingerprint density at radius 2 is 1.83 bits per heavy atom. The third-order valence-corrected chi connectivity index (χ3v) is 4.43. The summed E-state index contributed by atoms with van der Waals surface area (Å²) in [6, 6.07) is 17.4. The maximum Gasteiger partial charge on any atom is 0.331 e. The lowest BCUT2D eigenvalue weighted by atomic mass is 10.1. The lowest BCUT2D eigenvalue weighted by Crippen LogP contribution is -2.40. The van der Waals surface area contributed by atoms with Crippen LogP contribution in [0.2, 0.25) is 0 Å². The fourth-order valence-electron chi connectivity index (χ4n) is 2.83. The van der Waals surface area contributed by atoms with Gasteiger partial charge >= 0.3 is 5.97 Å². The molecule has 1 aromatic heterocycles. The average molecular weight is 392 g/mol. The van der Waals surface area contributed by atoms with Crippen molar-refractivity contribution in [1.29, 1.82) is 0 Å². The highest BCUT2D eigenvalue weighted by Gasteiger charge is 2.18. The van der Waals surface area contributed by atoms with Crippen molar-refractivity contribution in [3.05, 3.63) is 72.1 Å². The van der Waals surface area contributed by atoms with Gasteiger partial charge in [0.1, 0.15) is 5.52 Å². The van der Waals surface area contributed by atoms with Crippen LogP contribution in [-0.2, 0) is 20.7 Å². The molecular formula is C23H24N2O4. The van der Waals surface area contributed by atoms with Crippen molar-refractivity contribution in [2.75, 3.05) is 0 Å². The molecule has 0 saturated heterocycles. The molecule has 0 radical (unpaired) electrons. The summed E-state index contributed by atoms with van der Waals surface area (Å²) in [6.07, 6.45) is 3.40. The number of nitrogens with one attached hydrogen (secondary N) is 1. The number of para-hydroxylation sites is 2. The third kappa shape index (κ3) is 6.04. The summed E-state index contributed by atoms with van der Waals surface area (Å²) in [5, 5.41) is 2.88. The van der Waals surface area contributed by atoms with Crippen molar-refractivity contribution in [2.24, 2.45) is 0 Å². The van der Waals surface area contributed by atoms with Gasteiger partial charge in [0.05, 0.1) is 0 Å². The van der Waals surface area contributed by atoms with Crippen LogP contribution in [-0.4, -0.2) is 29.0 Å². The molecule has 150 valence electrons. The van der Waals surface area contributed by atoms with Gasteiger partial charge in [-0.05, 0) is 44.4 Å². The minimum absolute atomic E-state index is 0.0286. The number of oxazole rings is 1. The Bertz CT molecular complexity index is 961. The van der Waals surface area contributed by atoms with Crippen LogP contribution in [0.1, 0.15) is 31.7 Å². The first-order chi connectivity index (χ1) is 14.0. The molecule has 1 heterocycles. The first-order valence-corrected chi connectivity index (χ1v) is 9.60. The van der Waals surface area contributed by atoms with Gasteiger partial charge in [0, 0.05) is 18.2 Å². The van der Waals surface area contributed by atoms with Gasteiger partial charge in [-0.1, -0.05) is 42.5 Å². The van der Waals surface area contributed by atoms with E-state index in [9.17, 15) is 9.59 Å².